The van der Waals surface area contributed by atoms with Gasteiger partial charge in [-0.1, -0.05) is 5.16 Å². The standard InChI is InChI=1S/C23H24F3N5O3/c1-13-3-4-15(9-27-13)21-18(14(2)34-31-21)12-33-20-11-28-19(10-29-20)22(32)30-17-7-5-16(6-8-17)23(24,25)26/h3-4,9-11,16-17H,5-8,12H2,1-2H3,(H,30,32)/t16-,17+. The van der Waals surface area contributed by atoms with Crippen molar-refractivity contribution in [2.75, 3.05) is 0 Å². The largest absolute Gasteiger partial charge is 0.471 e. The Labute approximate surface area is 193 Å². The minimum absolute atomic E-state index is 0.00975. The summed E-state index contributed by atoms with van der Waals surface area (Å²) in [5, 5.41) is 6.83. The number of carbonyl (C=O) groups excluding carboxylic acids is 1. The molecule has 1 amide bonds. The van der Waals surface area contributed by atoms with Gasteiger partial charge < -0.3 is 14.6 Å². The number of hydrogen-bond acceptors (Lipinski definition) is 7. The number of nitrogens with one attached hydrogen (secondary N) is 1. The number of carbonyl (C=O) groups is 1. The Morgan fingerprint density at radius 3 is 2.47 bits per heavy atom. The maximum Gasteiger partial charge on any atom is 0.391 e. The number of hydrogen-bond donors (Lipinski definition) is 1. The van der Waals surface area contributed by atoms with Gasteiger partial charge in [-0.15, -0.1) is 0 Å². The van der Waals surface area contributed by atoms with E-state index in [1.54, 1.807) is 13.1 Å². The van der Waals surface area contributed by atoms with Crippen LogP contribution >= 0.6 is 0 Å². The fourth-order valence-electron chi connectivity index (χ4n) is 3.87. The lowest BCUT2D eigenvalue weighted by atomic mass is 9.85. The smallest absolute Gasteiger partial charge is 0.391 e. The molecule has 0 atom stereocenters. The lowest BCUT2D eigenvalue weighted by Gasteiger charge is -2.30. The van der Waals surface area contributed by atoms with Crippen LogP contribution in [0.15, 0.2) is 35.2 Å². The Balaban J connectivity index is 1.33. The summed E-state index contributed by atoms with van der Waals surface area (Å²) in [4.78, 5) is 24.9. The summed E-state index contributed by atoms with van der Waals surface area (Å²) in [6.45, 7) is 3.79. The van der Waals surface area contributed by atoms with Crippen molar-refractivity contribution in [2.24, 2.45) is 5.92 Å². The SMILES string of the molecule is Cc1ccc(-c2noc(C)c2COc2cnc(C(=O)N[C@H]3CC[C@@H](C(F)(F)F)CC3)cn2)cn1. The molecule has 34 heavy (non-hydrogen) atoms. The van der Waals surface area contributed by atoms with E-state index in [0.29, 0.717) is 11.5 Å². The monoisotopic (exact) mass is 475 g/mol. The Kier molecular flexibility index (Phi) is 6.80. The van der Waals surface area contributed by atoms with Crippen LogP contribution in [0.4, 0.5) is 13.2 Å². The highest BCUT2D eigenvalue weighted by molar-refractivity contribution is 5.92. The van der Waals surface area contributed by atoms with Crippen molar-refractivity contribution >= 4 is 5.91 Å². The van der Waals surface area contributed by atoms with Gasteiger partial charge in [-0.05, 0) is 51.7 Å². The van der Waals surface area contributed by atoms with E-state index in [1.807, 2.05) is 19.1 Å². The van der Waals surface area contributed by atoms with E-state index in [0.717, 1.165) is 16.8 Å². The van der Waals surface area contributed by atoms with Crippen LogP contribution in [0.3, 0.4) is 0 Å². The fraction of sp³-hybridized carbons (Fsp3) is 0.435. The van der Waals surface area contributed by atoms with E-state index >= 15 is 0 Å². The molecule has 1 N–H and O–H groups in total. The third-order valence-corrected chi connectivity index (χ3v) is 5.92. The Morgan fingerprint density at radius 2 is 1.85 bits per heavy atom. The summed E-state index contributed by atoms with van der Waals surface area (Å²) < 4.78 is 49.4. The molecule has 0 spiro atoms. The summed E-state index contributed by atoms with van der Waals surface area (Å²) >= 11 is 0. The highest BCUT2D eigenvalue weighted by atomic mass is 19.4. The number of alkyl halides is 3. The molecule has 3 aromatic rings. The van der Waals surface area contributed by atoms with Gasteiger partial charge in [0, 0.05) is 23.5 Å². The van der Waals surface area contributed by atoms with E-state index in [2.05, 4.69) is 25.4 Å². The molecule has 0 aromatic carbocycles. The van der Waals surface area contributed by atoms with Crippen LogP contribution in [0.25, 0.3) is 11.3 Å². The van der Waals surface area contributed by atoms with Gasteiger partial charge in [0.2, 0.25) is 5.88 Å². The fourth-order valence-corrected chi connectivity index (χ4v) is 3.87. The van der Waals surface area contributed by atoms with Crippen LogP contribution in [0.1, 0.15) is 53.2 Å². The van der Waals surface area contributed by atoms with E-state index < -0.39 is 18.0 Å². The summed E-state index contributed by atoms with van der Waals surface area (Å²) in [6.07, 6.45) is 0.704. The van der Waals surface area contributed by atoms with E-state index in [4.69, 9.17) is 9.26 Å². The van der Waals surface area contributed by atoms with Crippen molar-refractivity contribution in [3.63, 3.8) is 0 Å². The molecule has 1 fully saturated rings. The maximum atomic E-state index is 12.8. The van der Waals surface area contributed by atoms with Gasteiger partial charge in [0.05, 0.1) is 23.9 Å². The van der Waals surface area contributed by atoms with E-state index in [-0.39, 0.29) is 49.9 Å². The average molecular weight is 475 g/mol. The summed E-state index contributed by atoms with van der Waals surface area (Å²) in [5.74, 6) is -0.970. The first-order chi connectivity index (χ1) is 16.2. The van der Waals surface area contributed by atoms with Crippen molar-refractivity contribution in [3.8, 4) is 17.1 Å². The van der Waals surface area contributed by atoms with Gasteiger partial charge in [0.15, 0.2) is 0 Å². The van der Waals surface area contributed by atoms with Gasteiger partial charge in [0.1, 0.15) is 23.8 Å². The van der Waals surface area contributed by atoms with Gasteiger partial charge >= 0.3 is 6.18 Å². The molecule has 180 valence electrons. The molecule has 3 aromatic heterocycles. The summed E-state index contributed by atoms with van der Waals surface area (Å²) in [6, 6.07) is 3.46. The molecular weight excluding hydrogens is 451 g/mol. The molecule has 0 aliphatic heterocycles. The Morgan fingerprint density at radius 1 is 1.09 bits per heavy atom. The molecule has 0 radical (unpaired) electrons. The van der Waals surface area contributed by atoms with Crippen molar-refractivity contribution in [1.29, 1.82) is 0 Å². The average Bonchev–Trinajstić information content (AvgIpc) is 3.18. The Bertz CT molecular complexity index is 1120. The number of nitrogens with zero attached hydrogens (tertiary/aromatic N) is 4. The number of amides is 1. The first-order valence-corrected chi connectivity index (χ1v) is 10.9. The number of pyridine rings is 1. The third-order valence-electron chi connectivity index (χ3n) is 5.92. The number of aromatic nitrogens is 4. The number of halogens is 3. The summed E-state index contributed by atoms with van der Waals surface area (Å²) in [7, 11) is 0. The minimum Gasteiger partial charge on any atom is -0.471 e. The lowest BCUT2D eigenvalue weighted by Crippen LogP contribution is -2.40. The first-order valence-electron chi connectivity index (χ1n) is 10.9. The number of rotatable bonds is 6. The topological polar surface area (TPSA) is 103 Å². The van der Waals surface area contributed by atoms with Crippen molar-refractivity contribution in [2.45, 2.75) is 58.4 Å². The molecule has 8 nitrogen and oxygen atoms in total. The molecule has 3 heterocycles. The highest BCUT2D eigenvalue weighted by Crippen LogP contribution is 2.37. The van der Waals surface area contributed by atoms with Crippen molar-refractivity contribution in [3.05, 3.63) is 53.4 Å². The molecule has 1 aliphatic carbocycles. The Hall–Kier alpha value is -3.50. The van der Waals surface area contributed by atoms with E-state index in [9.17, 15) is 18.0 Å². The molecular formula is C23H24F3N5O3. The lowest BCUT2D eigenvalue weighted by molar-refractivity contribution is -0.182. The predicted octanol–water partition coefficient (Wildman–Crippen LogP) is 4.57. The second-order valence-corrected chi connectivity index (χ2v) is 8.35. The second-order valence-electron chi connectivity index (χ2n) is 8.35. The minimum atomic E-state index is -4.18. The zero-order valence-electron chi connectivity index (χ0n) is 18.7. The van der Waals surface area contributed by atoms with Gasteiger partial charge in [0.25, 0.3) is 5.91 Å². The van der Waals surface area contributed by atoms with Crippen molar-refractivity contribution in [1.82, 2.24) is 25.4 Å². The zero-order chi connectivity index (χ0) is 24.3. The van der Waals surface area contributed by atoms with Crippen LogP contribution in [0.2, 0.25) is 0 Å². The van der Waals surface area contributed by atoms with Gasteiger partial charge in [-0.3, -0.25) is 9.78 Å². The highest BCUT2D eigenvalue weighted by Gasteiger charge is 2.41. The molecule has 1 aliphatic rings. The quantitative estimate of drug-likeness (QED) is 0.557. The number of ether oxygens (including phenoxy) is 1. The molecule has 0 saturated heterocycles. The van der Waals surface area contributed by atoms with Crippen LogP contribution in [-0.2, 0) is 6.61 Å². The van der Waals surface area contributed by atoms with Crippen molar-refractivity contribution < 1.29 is 27.2 Å². The van der Waals surface area contributed by atoms with Crippen LogP contribution in [-0.4, -0.2) is 38.2 Å². The van der Waals surface area contributed by atoms with Gasteiger partial charge in [-0.2, -0.15) is 13.2 Å². The first kappa shape index (κ1) is 23.7. The molecule has 0 bridgehead atoms. The van der Waals surface area contributed by atoms with E-state index in [1.165, 1.54) is 12.4 Å². The number of aryl methyl sites for hydroxylation is 2. The third kappa shape index (κ3) is 5.52. The molecule has 0 unspecified atom stereocenters. The molecule has 1 saturated carbocycles. The van der Waals surface area contributed by atoms with Gasteiger partial charge in [-0.25, -0.2) is 9.97 Å². The molecule has 11 heteroatoms. The van der Waals surface area contributed by atoms with Crippen LogP contribution in [0.5, 0.6) is 5.88 Å². The van der Waals surface area contributed by atoms with Crippen LogP contribution < -0.4 is 10.1 Å². The predicted molar refractivity (Wildman–Crippen MR) is 115 cm³/mol. The normalized spacial score (nSPS) is 18.5. The molecule has 4 rings (SSSR count). The summed E-state index contributed by atoms with van der Waals surface area (Å²) in [5.41, 5.74) is 3.11. The zero-order valence-corrected chi connectivity index (χ0v) is 18.7. The second kappa shape index (κ2) is 9.78. The maximum absolute atomic E-state index is 12.8. The van der Waals surface area contributed by atoms with Crippen LogP contribution in [0, 0.1) is 19.8 Å².